The number of anilines is 1. The fraction of sp³-hybridized carbons (Fsp3) is 0.231. The number of benzene rings is 2. The highest BCUT2D eigenvalue weighted by Crippen LogP contribution is 2.40. The van der Waals surface area contributed by atoms with Crippen molar-refractivity contribution in [2.75, 3.05) is 38.1 Å². The molecule has 1 saturated heterocycles. The second-order valence-electron chi connectivity index (χ2n) is 8.90. The number of carbonyl (C=O) groups is 1. The molecule has 5 rings (SSSR count). The maximum absolute atomic E-state index is 11.6. The van der Waals surface area contributed by atoms with E-state index >= 15 is 0 Å². The number of nitro benzene ring substituents is 1. The molecule has 2 aromatic heterocycles. The van der Waals surface area contributed by atoms with Gasteiger partial charge in [-0.2, -0.15) is 0 Å². The third-order valence-corrected chi connectivity index (χ3v) is 6.62. The number of nitrogens with one attached hydrogen (secondary N) is 1. The second kappa shape index (κ2) is 9.96. The van der Waals surface area contributed by atoms with Crippen LogP contribution in [0.4, 0.5) is 11.4 Å². The Morgan fingerprint density at radius 2 is 1.72 bits per heavy atom. The maximum Gasteiger partial charge on any atom is 0.337 e. The summed E-state index contributed by atoms with van der Waals surface area (Å²) in [7, 11) is 2.12. The summed E-state index contributed by atoms with van der Waals surface area (Å²) in [6.45, 7) is 5.64. The molecule has 1 fully saturated rings. The molecular formula is C26H26ClN5O4. The fourth-order valence-corrected chi connectivity index (χ4v) is 4.57. The molecule has 0 aliphatic carbocycles. The van der Waals surface area contributed by atoms with E-state index in [1.54, 1.807) is 19.1 Å². The highest BCUT2D eigenvalue weighted by Gasteiger charge is 2.21. The number of carboxylic acid groups (broad SMARTS) is 1. The Hall–Kier alpha value is -3.95. The Balaban J connectivity index is 0.00000304. The van der Waals surface area contributed by atoms with Crippen molar-refractivity contribution in [1.29, 1.82) is 0 Å². The molecule has 0 saturated carbocycles. The molecule has 186 valence electrons. The van der Waals surface area contributed by atoms with Crippen molar-refractivity contribution in [2.45, 2.75) is 6.92 Å². The third-order valence-electron chi connectivity index (χ3n) is 6.62. The summed E-state index contributed by atoms with van der Waals surface area (Å²) in [6.07, 6.45) is 1.31. The first-order chi connectivity index (χ1) is 16.8. The maximum atomic E-state index is 11.6. The topological polar surface area (TPSA) is 116 Å². The SMILES string of the molecule is Cc1ccc(-c2c(-c3ccc(N4CCN(C)CC4)cc3)[nH]c3ncc(C(=O)O)cc23)cc1[N+](=O)[O-].Cl. The van der Waals surface area contributed by atoms with E-state index in [2.05, 4.69) is 38.9 Å². The Kier molecular flexibility index (Phi) is 6.96. The van der Waals surface area contributed by atoms with Gasteiger partial charge < -0.3 is 19.9 Å². The average Bonchev–Trinajstić information content (AvgIpc) is 3.23. The number of fused-ring (bicyclic) bond motifs is 1. The van der Waals surface area contributed by atoms with Crippen molar-refractivity contribution in [3.63, 3.8) is 0 Å². The van der Waals surface area contributed by atoms with Crippen LogP contribution in [0.25, 0.3) is 33.4 Å². The van der Waals surface area contributed by atoms with Gasteiger partial charge in [-0.15, -0.1) is 12.4 Å². The molecule has 9 nitrogen and oxygen atoms in total. The number of hydrogen-bond donors (Lipinski definition) is 2. The van der Waals surface area contributed by atoms with Gasteiger partial charge in [-0.05, 0) is 43.3 Å². The molecule has 1 aliphatic heterocycles. The van der Waals surface area contributed by atoms with E-state index in [1.807, 2.05) is 18.2 Å². The molecule has 0 radical (unpaired) electrons. The first-order valence-corrected chi connectivity index (χ1v) is 11.4. The predicted molar refractivity (Wildman–Crippen MR) is 142 cm³/mol. The molecule has 36 heavy (non-hydrogen) atoms. The minimum Gasteiger partial charge on any atom is -0.478 e. The normalized spacial score (nSPS) is 14.0. The first kappa shape index (κ1) is 25.2. The molecule has 4 aromatic rings. The smallest absolute Gasteiger partial charge is 0.337 e. The summed E-state index contributed by atoms with van der Waals surface area (Å²) >= 11 is 0. The number of aryl methyl sites for hydroxylation is 1. The highest BCUT2D eigenvalue weighted by atomic mass is 35.5. The number of aromatic carboxylic acids is 1. The van der Waals surface area contributed by atoms with Gasteiger partial charge in [-0.1, -0.05) is 24.3 Å². The third kappa shape index (κ3) is 4.62. The lowest BCUT2D eigenvalue weighted by molar-refractivity contribution is -0.385. The number of aromatic nitrogens is 2. The lowest BCUT2D eigenvalue weighted by Gasteiger charge is -2.34. The number of halogens is 1. The standard InChI is InChI=1S/C26H25N5O4.ClH/c1-16-3-4-18(14-22(16)31(34)35)23-21-13-19(26(32)33)15-27-25(21)28-24(23)17-5-7-20(8-6-17)30-11-9-29(2)10-12-30;/h3-8,13-15H,9-12H2,1-2H3,(H,27,28)(H,32,33);1H. The molecule has 1 aliphatic rings. The fourth-order valence-electron chi connectivity index (χ4n) is 4.57. The zero-order valence-corrected chi connectivity index (χ0v) is 20.7. The van der Waals surface area contributed by atoms with Crippen LogP contribution in [0.2, 0.25) is 0 Å². The van der Waals surface area contributed by atoms with Crippen LogP contribution in [-0.4, -0.2) is 64.1 Å². The molecule has 2 aromatic carbocycles. The lowest BCUT2D eigenvalue weighted by atomic mass is 9.96. The van der Waals surface area contributed by atoms with Crippen molar-refractivity contribution >= 4 is 40.8 Å². The Morgan fingerprint density at radius 1 is 1.06 bits per heavy atom. The number of hydrogen-bond acceptors (Lipinski definition) is 6. The summed E-state index contributed by atoms with van der Waals surface area (Å²) in [4.78, 5) is 35.1. The minimum absolute atomic E-state index is 0. The number of likely N-dealkylation sites (N-methyl/N-ethyl adjacent to an activating group) is 1. The number of H-pyrrole nitrogens is 1. The summed E-state index contributed by atoms with van der Waals surface area (Å²) in [5, 5.41) is 21.7. The van der Waals surface area contributed by atoms with Crippen LogP contribution in [-0.2, 0) is 0 Å². The molecule has 0 atom stereocenters. The largest absolute Gasteiger partial charge is 0.478 e. The van der Waals surface area contributed by atoms with E-state index in [0.29, 0.717) is 27.7 Å². The van der Waals surface area contributed by atoms with E-state index in [9.17, 15) is 20.0 Å². The van der Waals surface area contributed by atoms with E-state index in [-0.39, 0.29) is 23.7 Å². The molecule has 0 spiro atoms. The van der Waals surface area contributed by atoms with Crippen LogP contribution >= 0.6 is 12.4 Å². The zero-order valence-electron chi connectivity index (χ0n) is 19.9. The van der Waals surface area contributed by atoms with Crippen molar-refractivity contribution in [2.24, 2.45) is 0 Å². The van der Waals surface area contributed by atoms with Gasteiger partial charge in [0.15, 0.2) is 0 Å². The Labute approximate surface area is 213 Å². The number of nitro groups is 1. The number of piperazine rings is 1. The van der Waals surface area contributed by atoms with Crippen LogP contribution in [0.3, 0.4) is 0 Å². The Bertz CT molecular complexity index is 1440. The van der Waals surface area contributed by atoms with E-state index < -0.39 is 10.9 Å². The number of rotatable bonds is 5. The molecule has 3 heterocycles. The van der Waals surface area contributed by atoms with Gasteiger partial charge in [-0.25, -0.2) is 9.78 Å². The van der Waals surface area contributed by atoms with Crippen molar-refractivity contribution in [1.82, 2.24) is 14.9 Å². The van der Waals surface area contributed by atoms with Gasteiger partial charge in [0.2, 0.25) is 0 Å². The molecule has 0 bridgehead atoms. The number of pyridine rings is 1. The van der Waals surface area contributed by atoms with Gasteiger partial charge in [0.05, 0.1) is 16.2 Å². The van der Waals surface area contributed by atoms with Crippen molar-refractivity contribution in [3.8, 4) is 22.4 Å². The predicted octanol–water partition coefficient (Wildman–Crippen LogP) is 4.99. The quantitative estimate of drug-likeness (QED) is 0.289. The van der Waals surface area contributed by atoms with Gasteiger partial charge in [-0.3, -0.25) is 10.1 Å². The van der Waals surface area contributed by atoms with Crippen LogP contribution in [0.5, 0.6) is 0 Å². The molecule has 0 unspecified atom stereocenters. The monoisotopic (exact) mass is 507 g/mol. The molecule has 0 amide bonds. The van der Waals surface area contributed by atoms with Crippen molar-refractivity contribution < 1.29 is 14.8 Å². The lowest BCUT2D eigenvalue weighted by Crippen LogP contribution is -2.44. The first-order valence-electron chi connectivity index (χ1n) is 11.4. The summed E-state index contributed by atoms with van der Waals surface area (Å²) in [5.74, 6) is -1.08. The summed E-state index contributed by atoms with van der Waals surface area (Å²) in [6, 6.07) is 14.8. The summed E-state index contributed by atoms with van der Waals surface area (Å²) < 4.78 is 0. The van der Waals surface area contributed by atoms with Crippen LogP contribution in [0.15, 0.2) is 54.7 Å². The minimum atomic E-state index is -1.08. The zero-order chi connectivity index (χ0) is 24.7. The van der Waals surface area contributed by atoms with Gasteiger partial charge in [0.1, 0.15) is 5.65 Å². The highest BCUT2D eigenvalue weighted by molar-refractivity contribution is 6.05. The summed E-state index contributed by atoms with van der Waals surface area (Å²) in [5.41, 5.74) is 5.20. The molecule has 10 heteroatoms. The Morgan fingerprint density at radius 3 is 2.36 bits per heavy atom. The van der Waals surface area contributed by atoms with Gasteiger partial charge in [0, 0.05) is 60.6 Å². The average molecular weight is 508 g/mol. The molecule has 2 N–H and O–H groups in total. The number of aromatic amines is 1. The van der Waals surface area contributed by atoms with Crippen LogP contribution in [0.1, 0.15) is 15.9 Å². The number of carboxylic acids is 1. The van der Waals surface area contributed by atoms with E-state index in [0.717, 1.165) is 43.1 Å². The van der Waals surface area contributed by atoms with Gasteiger partial charge in [0.25, 0.3) is 5.69 Å². The van der Waals surface area contributed by atoms with Crippen LogP contribution < -0.4 is 4.90 Å². The van der Waals surface area contributed by atoms with Gasteiger partial charge >= 0.3 is 5.97 Å². The van der Waals surface area contributed by atoms with Crippen LogP contribution in [0, 0.1) is 17.0 Å². The second-order valence-corrected chi connectivity index (χ2v) is 8.90. The van der Waals surface area contributed by atoms with Crippen molar-refractivity contribution in [3.05, 3.63) is 76.0 Å². The molecular weight excluding hydrogens is 482 g/mol. The van der Waals surface area contributed by atoms with E-state index in [4.69, 9.17) is 0 Å². The number of nitrogens with zero attached hydrogens (tertiary/aromatic N) is 4. The van der Waals surface area contributed by atoms with E-state index in [1.165, 1.54) is 12.3 Å².